The van der Waals surface area contributed by atoms with E-state index in [0.717, 1.165) is 0 Å². The summed E-state index contributed by atoms with van der Waals surface area (Å²) in [5.74, 6) is -1.63. The summed E-state index contributed by atoms with van der Waals surface area (Å²) in [4.78, 5) is 45.2. The lowest BCUT2D eigenvalue weighted by atomic mass is 9.77. The second-order valence-corrected chi connectivity index (χ2v) is 8.18. The van der Waals surface area contributed by atoms with E-state index in [-0.39, 0.29) is 41.5 Å². The minimum Gasteiger partial charge on any atom is -0.462 e. The number of non-ortho nitro benzene ring substituents is 1. The number of allylic oxidation sites excluding steroid dienone is 2. The van der Waals surface area contributed by atoms with Crippen molar-refractivity contribution in [2.45, 2.75) is 32.1 Å². The van der Waals surface area contributed by atoms with Gasteiger partial charge in [0, 0.05) is 35.6 Å². The first-order chi connectivity index (χ1) is 16.9. The van der Waals surface area contributed by atoms with Crippen molar-refractivity contribution in [1.82, 2.24) is 0 Å². The van der Waals surface area contributed by atoms with Gasteiger partial charge in [0.25, 0.3) is 5.69 Å². The Kier molecular flexibility index (Phi) is 7.19. The van der Waals surface area contributed by atoms with Gasteiger partial charge in [-0.15, -0.1) is 4.99 Å². The van der Waals surface area contributed by atoms with Crippen LogP contribution in [0.1, 0.15) is 37.7 Å². The third kappa shape index (κ3) is 5.21. The SMILES string of the molecule is CCOC(=O)C1=C(N=C=Nc2ccc(Cl)cc2)OC2=C(C(=O)CCC2)C1c1cccc([N+](=O)[O-])c1. The fourth-order valence-electron chi connectivity index (χ4n) is 3.99. The molecule has 2 aromatic rings. The van der Waals surface area contributed by atoms with Crippen LogP contribution in [0.4, 0.5) is 11.4 Å². The van der Waals surface area contributed by atoms with E-state index in [1.54, 1.807) is 37.3 Å². The topological polar surface area (TPSA) is 120 Å². The van der Waals surface area contributed by atoms with Crippen LogP contribution in [0.5, 0.6) is 0 Å². The van der Waals surface area contributed by atoms with Gasteiger partial charge in [-0.1, -0.05) is 23.7 Å². The maximum Gasteiger partial charge on any atom is 0.340 e. The van der Waals surface area contributed by atoms with Crippen molar-refractivity contribution < 1.29 is 24.0 Å². The Morgan fingerprint density at radius 1 is 1.23 bits per heavy atom. The van der Waals surface area contributed by atoms with Gasteiger partial charge < -0.3 is 9.47 Å². The van der Waals surface area contributed by atoms with Gasteiger partial charge in [0.05, 0.1) is 23.1 Å². The number of halogens is 1. The first-order valence-electron chi connectivity index (χ1n) is 10.9. The molecule has 0 N–H and O–H groups in total. The van der Waals surface area contributed by atoms with Crippen LogP contribution in [0.2, 0.25) is 5.02 Å². The second-order valence-electron chi connectivity index (χ2n) is 7.74. The molecule has 1 aliphatic heterocycles. The minimum absolute atomic E-state index is 0.0415. The number of nitrogens with zero attached hydrogens (tertiary/aromatic N) is 3. The number of ketones is 1. The number of hydrogen-bond donors (Lipinski definition) is 0. The first kappa shape index (κ1) is 24.1. The molecule has 0 saturated heterocycles. The number of carbonyl (C=O) groups excluding carboxylic acids is 2. The Bertz CT molecular complexity index is 1320. The highest BCUT2D eigenvalue weighted by atomic mass is 35.5. The van der Waals surface area contributed by atoms with E-state index >= 15 is 0 Å². The molecule has 2 aliphatic rings. The van der Waals surface area contributed by atoms with Gasteiger partial charge in [0.1, 0.15) is 17.3 Å². The lowest BCUT2D eigenvalue weighted by Crippen LogP contribution is -2.29. The largest absolute Gasteiger partial charge is 0.462 e. The van der Waals surface area contributed by atoms with Crippen LogP contribution in [0.15, 0.2) is 81.3 Å². The summed E-state index contributed by atoms with van der Waals surface area (Å²) in [6.07, 6.45) is 1.31. The minimum atomic E-state index is -0.943. The monoisotopic (exact) mass is 493 g/mol. The van der Waals surface area contributed by atoms with E-state index in [2.05, 4.69) is 16.0 Å². The molecule has 0 radical (unpaired) electrons. The van der Waals surface area contributed by atoms with Gasteiger partial charge in [-0.05, 0) is 43.2 Å². The summed E-state index contributed by atoms with van der Waals surface area (Å²) in [7, 11) is 0. The third-order valence-corrected chi connectivity index (χ3v) is 5.76. The molecule has 0 fully saturated rings. The molecule has 0 saturated carbocycles. The highest BCUT2D eigenvalue weighted by Gasteiger charge is 2.42. The molecule has 2 aromatic carbocycles. The van der Waals surface area contributed by atoms with Gasteiger partial charge >= 0.3 is 5.97 Å². The molecule has 35 heavy (non-hydrogen) atoms. The zero-order valence-electron chi connectivity index (χ0n) is 18.7. The summed E-state index contributed by atoms with van der Waals surface area (Å²) in [6, 6.07) is 15.0. The van der Waals surface area contributed by atoms with Crippen molar-refractivity contribution in [2.24, 2.45) is 9.98 Å². The van der Waals surface area contributed by atoms with Crippen LogP contribution in [0.3, 0.4) is 0 Å². The second kappa shape index (κ2) is 10.5. The molecule has 0 bridgehead atoms. The molecule has 0 aromatic heterocycles. The molecule has 1 unspecified atom stereocenters. The van der Waals surface area contributed by atoms with E-state index in [1.807, 2.05) is 0 Å². The zero-order chi connectivity index (χ0) is 24.9. The molecule has 9 nitrogen and oxygen atoms in total. The average Bonchev–Trinajstić information content (AvgIpc) is 2.85. The number of rotatable bonds is 6. The Labute approximate surface area is 205 Å². The van der Waals surface area contributed by atoms with Gasteiger partial charge in [0.2, 0.25) is 5.88 Å². The van der Waals surface area contributed by atoms with Crippen molar-refractivity contribution in [2.75, 3.05) is 6.61 Å². The van der Waals surface area contributed by atoms with Crippen molar-refractivity contribution in [3.05, 3.63) is 92.0 Å². The number of hydrogen-bond acceptors (Lipinski definition) is 8. The Morgan fingerprint density at radius 2 is 2.00 bits per heavy atom. The lowest BCUT2D eigenvalue weighted by molar-refractivity contribution is -0.384. The molecule has 10 heteroatoms. The normalized spacial score (nSPS) is 17.2. The molecule has 178 valence electrons. The number of ether oxygens (including phenoxy) is 2. The molecule has 1 atom stereocenters. The number of Topliss-reactive ketones (excluding diaryl/α,β-unsaturated/α-hetero) is 1. The van der Waals surface area contributed by atoms with Crippen molar-refractivity contribution in [3.63, 3.8) is 0 Å². The maximum atomic E-state index is 13.1. The number of nitro benzene ring substituents is 1. The highest BCUT2D eigenvalue weighted by Crippen LogP contribution is 2.45. The van der Waals surface area contributed by atoms with Gasteiger partial charge in [0.15, 0.2) is 5.78 Å². The van der Waals surface area contributed by atoms with Crippen LogP contribution < -0.4 is 0 Å². The van der Waals surface area contributed by atoms with E-state index in [0.29, 0.717) is 34.9 Å². The highest BCUT2D eigenvalue weighted by molar-refractivity contribution is 6.30. The molecule has 1 heterocycles. The number of aliphatic imine (C=N–C) groups is 2. The number of esters is 1. The Balaban J connectivity index is 1.89. The van der Waals surface area contributed by atoms with E-state index < -0.39 is 16.8 Å². The summed E-state index contributed by atoms with van der Waals surface area (Å²) in [6.45, 7) is 1.71. The molecular weight excluding hydrogens is 474 g/mol. The zero-order valence-corrected chi connectivity index (χ0v) is 19.4. The van der Waals surface area contributed by atoms with Crippen LogP contribution >= 0.6 is 11.6 Å². The van der Waals surface area contributed by atoms with Gasteiger partial charge in [-0.2, -0.15) is 4.99 Å². The summed E-state index contributed by atoms with van der Waals surface area (Å²) in [5, 5.41) is 12.0. The predicted molar refractivity (Wildman–Crippen MR) is 127 cm³/mol. The lowest BCUT2D eigenvalue weighted by Gasteiger charge is -2.32. The fraction of sp³-hybridized carbons (Fsp3) is 0.240. The van der Waals surface area contributed by atoms with Crippen molar-refractivity contribution in [3.8, 4) is 0 Å². The van der Waals surface area contributed by atoms with E-state index in [1.165, 1.54) is 18.2 Å². The molecule has 1 aliphatic carbocycles. The Morgan fingerprint density at radius 3 is 2.71 bits per heavy atom. The van der Waals surface area contributed by atoms with Crippen LogP contribution in [-0.4, -0.2) is 29.3 Å². The van der Waals surface area contributed by atoms with Crippen LogP contribution in [-0.2, 0) is 19.1 Å². The molecular formula is C25H20ClN3O6. The summed E-state index contributed by atoms with van der Waals surface area (Å²) < 4.78 is 11.2. The number of carbonyl (C=O) groups is 2. The number of benzene rings is 2. The van der Waals surface area contributed by atoms with Gasteiger partial charge in [-0.3, -0.25) is 14.9 Å². The molecule has 0 amide bonds. The first-order valence-corrected chi connectivity index (χ1v) is 11.3. The van der Waals surface area contributed by atoms with Crippen molar-refractivity contribution >= 4 is 40.7 Å². The van der Waals surface area contributed by atoms with E-state index in [4.69, 9.17) is 21.1 Å². The molecule has 0 spiro atoms. The van der Waals surface area contributed by atoms with Gasteiger partial charge in [-0.25, -0.2) is 4.79 Å². The fourth-order valence-corrected chi connectivity index (χ4v) is 4.12. The standard InChI is InChI=1S/C25H20ClN3O6/c1-2-34-25(31)23-21(15-5-3-6-18(13-15)29(32)33)22-19(30)7-4-8-20(22)35-24(23)28-14-27-17-11-9-16(26)10-12-17/h3,5-6,9-13,21H,2,4,7-8H2,1H3. The predicted octanol–water partition coefficient (Wildman–Crippen LogP) is 5.65. The summed E-state index contributed by atoms with van der Waals surface area (Å²) in [5.41, 5.74) is 0.983. The van der Waals surface area contributed by atoms with Crippen molar-refractivity contribution in [1.29, 1.82) is 0 Å². The third-order valence-electron chi connectivity index (χ3n) is 5.50. The summed E-state index contributed by atoms with van der Waals surface area (Å²) >= 11 is 5.89. The number of nitro groups is 1. The van der Waals surface area contributed by atoms with E-state index in [9.17, 15) is 19.7 Å². The smallest absolute Gasteiger partial charge is 0.340 e. The van der Waals surface area contributed by atoms with Crippen LogP contribution in [0, 0.1) is 10.1 Å². The maximum absolute atomic E-state index is 13.1. The molecule has 4 rings (SSSR count). The average molecular weight is 494 g/mol. The van der Waals surface area contributed by atoms with Crippen LogP contribution in [0.25, 0.3) is 0 Å². The Hall–Kier alpha value is -4.07. The quantitative estimate of drug-likeness (QED) is 0.222.